The van der Waals surface area contributed by atoms with Crippen molar-refractivity contribution in [3.63, 3.8) is 0 Å². The molecule has 0 saturated carbocycles. The number of rotatable bonds is 5. The van der Waals surface area contributed by atoms with Gasteiger partial charge in [0.25, 0.3) is 0 Å². The minimum atomic E-state index is 0.113. The van der Waals surface area contributed by atoms with Gasteiger partial charge < -0.3 is 0 Å². The van der Waals surface area contributed by atoms with Crippen LogP contribution in [-0.4, -0.2) is 10.3 Å². The number of aromatic nitrogens is 1. The molecule has 2 rings (SSSR count). The molecule has 0 N–H and O–H groups in total. The van der Waals surface area contributed by atoms with Crippen molar-refractivity contribution >= 4 is 31.9 Å². The molecule has 2 aromatic rings. The van der Waals surface area contributed by atoms with Crippen LogP contribution in [0.2, 0.25) is 0 Å². The summed E-state index contributed by atoms with van der Waals surface area (Å²) in [6.07, 6.45) is 3.90. The largest absolute Gasteiger partial charge is 0.260 e. The summed E-state index contributed by atoms with van der Waals surface area (Å²) in [5.41, 5.74) is 2.62. The zero-order valence-corrected chi connectivity index (χ0v) is 14.1. The SMILES string of the molecule is CCC(CBr)(Cc1ccc(Br)cn1)c1ccccc1. The van der Waals surface area contributed by atoms with Gasteiger partial charge >= 0.3 is 0 Å². The van der Waals surface area contributed by atoms with E-state index in [9.17, 15) is 0 Å². The van der Waals surface area contributed by atoms with Gasteiger partial charge in [0.2, 0.25) is 0 Å². The molecule has 19 heavy (non-hydrogen) atoms. The lowest BCUT2D eigenvalue weighted by Crippen LogP contribution is -2.30. The summed E-state index contributed by atoms with van der Waals surface area (Å²) in [6, 6.07) is 14.9. The molecule has 1 aromatic carbocycles. The number of hydrogen-bond acceptors (Lipinski definition) is 1. The molecule has 1 aromatic heterocycles. The van der Waals surface area contributed by atoms with Crippen LogP contribution < -0.4 is 0 Å². The van der Waals surface area contributed by atoms with Crippen LogP contribution >= 0.6 is 31.9 Å². The predicted molar refractivity (Wildman–Crippen MR) is 87.8 cm³/mol. The first-order valence-electron chi connectivity index (χ1n) is 6.42. The summed E-state index contributed by atoms with van der Waals surface area (Å²) < 4.78 is 1.02. The predicted octanol–water partition coefficient (Wildman–Crippen LogP) is 5.13. The van der Waals surface area contributed by atoms with Crippen molar-refractivity contribution in [1.29, 1.82) is 0 Å². The zero-order valence-electron chi connectivity index (χ0n) is 10.9. The van der Waals surface area contributed by atoms with Gasteiger partial charge in [0.15, 0.2) is 0 Å². The van der Waals surface area contributed by atoms with Crippen LogP contribution in [0.4, 0.5) is 0 Å². The minimum Gasteiger partial charge on any atom is -0.260 e. The summed E-state index contributed by atoms with van der Waals surface area (Å²) in [5.74, 6) is 0. The first kappa shape index (κ1) is 14.7. The fraction of sp³-hybridized carbons (Fsp3) is 0.312. The molecule has 0 fully saturated rings. The summed E-state index contributed by atoms with van der Waals surface area (Å²) in [5, 5.41) is 0.943. The molecule has 0 spiro atoms. The van der Waals surface area contributed by atoms with E-state index in [0.717, 1.165) is 28.3 Å². The van der Waals surface area contributed by atoms with Gasteiger partial charge in [-0.15, -0.1) is 0 Å². The van der Waals surface area contributed by atoms with Crippen molar-refractivity contribution in [2.45, 2.75) is 25.2 Å². The Morgan fingerprint density at radius 1 is 1.11 bits per heavy atom. The highest BCUT2D eigenvalue weighted by Crippen LogP contribution is 2.33. The lowest BCUT2D eigenvalue weighted by Gasteiger charge is -2.31. The van der Waals surface area contributed by atoms with Crippen LogP contribution in [0.5, 0.6) is 0 Å². The van der Waals surface area contributed by atoms with Crippen LogP contribution in [0.25, 0.3) is 0 Å². The van der Waals surface area contributed by atoms with Crippen LogP contribution in [0, 0.1) is 0 Å². The lowest BCUT2D eigenvalue weighted by molar-refractivity contribution is 0.459. The number of nitrogens with zero attached hydrogens (tertiary/aromatic N) is 1. The first-order valence-corrected chi connectivity index (χ1v) is 8.33. The topological polar surface area (TPSA) is 12.9 Å². The third kappa shape index (κ3) is 3.46. The molecule has 0 aliphatic rings. The number of benzene rings is 1. The van der Waals surface area contributed by atoms with E-state index in [4.69, 9.17) is 0 Å². The Bertz CT molecular complexity index is 504. The molecule has 3 heteroatoms. The quantitative estimate of drug-likeness (QED) is 0.653. The molecular formula is C16H17Br2N. The number of halogens is 2. The molecule has 0 saturated heterocycles. The van der Waals surface area contributed by atoms with E-state index in [1.165, 1.54) is 5.56 Å². The Morgan fingerprint density at radius 3 is 2.37 bits per heavy atom. The molecule has 1 heterocycles. The normalized spacial score (nSPS) is 14.1. The van der Waals surface area contributed by atoms with E-state index in [2.05, 4.69) is 86.2 Å². The highest BCUT2D eigenvalue weighted by Gasteiger charge is 2.29. The highest BCUT2D eigenvalue weighted by molar-refractivity contribution is 9.10. The second-order valence-electron chi connectivity index (χ2n) is 4.78. The molecule has 0 bridgehead atoms. The van der Waals surface area contributed by atoms with Crippen LogP contribution in [-0.2, 0) is 11.8 Å². The maximum atomic E-state index is 4.52. The summed E-state index contributed by atoms with van der Waals surface area (Å²) >= 11 is 7.14. The molecular weight excluding hydrogens is 366 g/mol. The first-order chi connectivity index (χ1) is 9.20. The van der Waals surface area contributed by atoms with Gasteiger partial charge in [0, 0.05) is 33.5 Å². The van der Waals surface area contributed by atoms with Gasteiger partial charge in [-0.2, -0.15) is 0 Å². The number of alkyl halides is 1. The Balaban J connectivity index is 2.32. The van der Waals surface area contributed by atoms with E-state index in [1.54, 1.807) is 0 Å². The van der Waals surface area contributed by atoms with E-state index in [-0.39, 0.29) is 5.41 Å². The van der Waals surface area contributed by atoms with Crippen molar-refractivity contribution in [2.75, 3.05) is 5.33 Å². The second kappa shape index (κ2) is 6.67. The maximum absolute atomic E-state index is 4.52. The third-order valence-corrected chi connectivity index (χ3v) is 5.17. The van der Waals surface area contributed by atoms with Crippen molar-refractivity contribution in [1.82, 2.24) is 4.98 Å². The molecule has 100 valence electrons. The molecule has 1 nitrogen and oxygen atoms in total. The minimum absolute atomic E-state index is 0.113. The van der Waals surface area contributed by atoms with Gasteiger partial charge in [-0.3, -0.25) is 4.98 Å². The van der Waals surface area contributed by atoms with Gasteiger partial charge in [-0.05, 0) is 40.0 Å². The fourth-order valence-electron chi connectivity index (χ4n) is 2.30. The highest BCUT2D eigenvalue weighted by atomic mass is 79.9. The van der Waals surface area contributed by atoms with Crippen molar-refractivity contribution in [3.8, 4) is 0 Å². The maximum Gasteiger partial charge on any atom is 0.0413 e. The molecule has 1 unspecified atom stereocenters. The third-order valence-electron chi connectivity index (χ3n) is 3.63. The number of hydrogen-bond donors (Lipinski definition) is 0. The van der Waals surface area contributed by atoms with Gasteiger partial charge in [0.05, 0.1) is 0 Å². The standard InChI is InChI=1S/C16H17Br2N/c1-2-16(12-17,13-6-4-3-5-7-13)10-15-9-8-14(18)11-19-15/h3-9,11H,2,10,12H2,1H3. The van der Waals surface area contributed by atoms with E-state index in [0.29, 0.717) is 0 Å². The second-order valence-corrected chi connectivity index (χ2v) is 6.25. The Hall–Kier alpha value is -0.670. The van der Waals surface area contributed by atoms with Crippen molar-refractivity contribution in [3.05, 3.63) is 64.4 Å². The summed E-state index contributed by atoms with van der Waals surface area (Å²) in [6.45, 7) is 2.24. The van der Waals surface area contributed by atoms with E-state index >= 15 is 0 Å². The van der Waals surface area contributed by atoms with Crippen LogP contribution in [0.3, 0.4) is 0 Å². The summed E-state index contributed by atoms with van der Waals surface area (Å²) in [4.78, 5) is 4.52. The molecule has 0 aliphatic carbocycles. The fourth-order valence-corrected chi connectivity index (χ4v) is 3.45. The lowest BCUT2D eigenvalue weighted by atomic mass is 9.76. The van der Waals surface area contributed by atoms with Crippen LogP contribution in [0.15, 0.2) is 53.1 Å². The van der Waals surface area contributed by atoms with Gasteiger partial charge in [-0.1, -0.05) is 53.2 Å². The van der Waals surface area contributed by atoms with Gasteiger partial charge in [-0.25, -0.2) is 0 Å². The monoisotopic (exact) mass is 381 g/mol. The average molecular weight is 383 g/mol. The van der Waals surface area contributed by atoms with Crippen molar-refractivity contribution in [2.24, 2.45) is 0 Å². The molecule has 0 aliphatic heterocycles. The van der Waals surface area contributed by atoms with E-state index < -0.39 is 0 Å². The number of pyridine rings is 1. The molecule has 0 amide bonds. The Labute approximate surface area is 131 Å². The van der Waals surface area contributed by atoms with Gasteiger partial charge in [0.1, 0.15) is 0 Å². The smallest absolute Gasteiger partial charge is 0.0413 e. The molecule has 0 radical (unpaired) electrons. The van der Waals surface area contributed by atoms with Crippen molar-refractivity contribution < 1.29 is 0 Å². The molecule has 1 atom stereocenters. The average Bonchev–Trinajstić information content (AvgIpc) is 2.48. The zero-order chi connectivity index (χ0) is 13.7. The Morgan fingerprint density at radius 2 is 1.84 bits per heavy atom. The van der Waals surface area contributed by atoms with E-state index in [1.807, 2.05) is 6.20 Å². The Kier molecular flexibility index (Phi) is 5.17. The van der Waals surface area contributed by atoms with Crippen LogP contribution in [0.1, 0.15) is 24.6 Å². The summed E-state index contributed by atoms with van der Waals surface area (Å²) in [7, 11) is 0.